The van der Waals surface area contributed by atoms with Crippen molar-refractivity contribution in [2.45, 2.75) is 44.9 Å². The molecule has 0 radical (unpaired) electrons. The van der Waals surface area contributed by atoms with Crippen LogP contribution in [0.4, 0.5) is 0 Å². The summed E-state index contributed by atoms with van der Waals surface area (Å²) in [7, 11) is 0. The Hall–Kier alpha value is -1.88. The molecule has 0 aromatic heterocycles. The quantitative estimate of drug-likeness (QED) is 0.798. The molecule has 1 fully saturated rings. The number of ether oxygens (including phenoxy) is 1. The van der Waals surface area contributed by atoms with E-state index in [2.05, 4.69) is 46.2 Å². The van der Waals surface area contributed by atoms with Crippen LogP contribution in [0.2, 0.25) is 0 Å². The van der Waals surface area contributed by atoms with Crippen LogP contribution in [0.3, 0.4) is 0 Å². The molecule has 1 saturated heterocycles. The highest BCUT2D eigenvalue weighted by molar-refractivity contribution is 5.29. The molecular weight excluding hydrogens is 348 g/mol. The normalized spacial score (nSPS) is 19.2. The highest BCUT2D eigenvalue weighted by Crippen LogP contribution is 2.19. The monoisotopic (exact) mass is 380 g/mol. The van der Waals surface area contributed by atoms with Gasteiger partial charge in [-0.05, 0) is 61.2 Å². The Kier molecular flexibility index (Phi) is 6.63. The van der Waals surface area contributed by atoms with Crippen molar-refractivity contribution in [1.82, 2.24) is 9.80 Å². The maximum atomic E-state index is 10.4. The summed E-state index contributed by atoms with van der Waals surface area (Å²) in [5, 5.41) is 10.4. The molecule has 0 spiro atoms. The van der Waals surface area contributed by atoms with Crippen LogP contribution in [0.15, 0.2) is 48.5 Å². The van der Waals surface area contributed by atoms with Gasteiger partial charge in [0, 0.05) is 26.2 Å². The lowest BCUT2D eigenvalue weighted by Gasteiger charge is -2.30. The second-order valence-corrected chi connectivity index (χ2v) is 8.20. The van der Waals surface area contributed by atoms with E-state index in [4.69, 9.17) is 4.74 Å². The van der Waals surface area contributed by atoms with Crippen molar-refractivity contribution >= 4 is 0 Å². The van der Waals surface area contributed by atoms with Crippen molar-refractivity contribution in [1.29, 1.82) is 0 Å². The minimum atomic E-state index is -0.474. The molecule has 0 saturated carbocycles. The van der Waals surface area contributed by atoms with Gasteiger partial charge in [-0.1, -0.05) is 42.8 Å². The first-order chi connectivity index (χ1) is 13.8. The Morgan fingerprint density at radius 1 is 0.857 bits per heavy atom. The summed E-state index contributed by atoms with van der Waals surface area (Å²) < 4.78 is 5.83. The fourth-order valence-corrected chi connectivity index (χ4v) is 4.32. The van der Waals surface area contributed by atoms with Gasteiger partial charge >= 0.3 is 0 Å². The number of piperidine rings is 1. The molecule has 0 aliphatic carbocycles. The number of rotatable bonds is 7. The third kappa shape index (κ3) is 5.34. The summed E-state index contributed by atoms with van der Waals surface area (Å²) in [6.07, 6.45) is 4.60. The van der Waals surface area contributed by atoms with Crippen LogP contribution in [0, 0.1) is 0 Å². The topological polar surface area (TPSA) is 35.9 Å². The van der Waals surface area contributed by atoms with Crippen molar-refractivity contribution in [3.63, 3.8) is 0 Å². The van der Waals surface area contributed by atoms with E-state index in [0.29, 0.717) is 13.2 Å². The van der Waals surface area contributed by atoms with Gasteiger partial charge in [0.25, 0.3) is 0 Å². The smallest absolute Gasteiger partial charge is 0.119 e. The number of aliphatic hydroxyl groups is 1. The Bertz CT molecular complexity index is 741. The third-order valence-electron chi connectivity index (χ3n) is 5.90. The molecule has 150 valence electrons. The maximum Gasteiger partial charge on any atom is 0.119 e. The summed E-state index contributed by atoms with van der Waals surface area (Å²) in [5.41, 5.74) is 4.15. The zero-order valence-corrected chi connectivity index (χ0v) is 16.7. The fourth-order valence-electron chi connectivity index (χ4n) is 4.32. The van der Waals surface area contributed by atoms with Crippen molar-refractivity contribution in [3.05, 3.63) is 65.2 Å². The van der Waals surface area contributed by atoms with Crippen LogP contribution in [0.1, 0.15) is 36.0 Å². The number of likely N-dealkylation sites (tertiary alicyclic amines) is 1. The van der Waals surface area contributed by atoms with E-state index in [0.717, 1.165) is 31.8 Å². The molecule has 0 unspecified atom stereocenters. The lowest BCUT2D eigenvalue weighted by atomic mass is 10.00. The van der Waals surface area contributed by atoms with E-state index in [9.17, 15) is 5.11 Å². The predicted molar refractivity (Wildman–Crippen MR) is 112 cm³/mol. The minimum Gasteiger partial charge on any atom is -0.491 e. The van der Waals surface area contributed by atoms with Crippen LogP contribution in [0.5, 0.6) is 5.75 Å². The highest BCUT2D eigenvalue weighted by Gasteiger charge is 2.18. The fraction of sp³-hybridized carbons (Fsp3) is 0.500. The summed E-state index contributed by atoms with van der Waals surface area (Å²) in [6, 6.07) is 17.0. The maximum absolute atomic E-state index is 10.4. The molecule has 4 heteroatoms. The summed E-state index contributed by atoms with van der Waals surface area (Å²) in [4.78, 5) is 4.85. The molecule has 4 rings (SSSR count). The van der Waals surface area contributed by atoms with E-state index in [1.54, 1.807) is 0 Å². The zero-order valence-electron chi connectivity index (χ0n) is 16.7. The third-order valence-corrected chi connectivity index (χ3v) is 5.90. The van der Waals surface area contributed by atoms with Gasteiger partial charge in [0.15, 0.2) is 0 Å². The van der Waals surface area contributed by atoms with Gasteiger partial charge in [-0.15, -0.1) is 0 Å². The van der Waals surface area contributed by atoms with Gasteiger partial charge < -0.3 is 9.84 Å². The standard InChI is InChI=1S/C24H32N2O2/c27-23(18-26-15-12-21-6-2-3-7-22(21)17-26)19-28-24-10-8-20(9-11-24)16-25-13-4-1-5-14-25/h2-3,6-11,23,27H,1,4-5,12-19H2/t23-/m0/s1. The second kappa shape index (κ2) is 9.55. The summed E-state index contributed by atoms with van der Waals surface area (Å²) >= 11 is 0. The van der Waals surface area contributed by atoms with E-state index >= 15 is 0 Å². The van der Waals surface area contributed by atoms with Crippen molar-refractivity contribution < 1.29 is 9.84 Å². The molecular formula is C24H32N2O2. The SMILES string of the molecule is O[C@H](COc1ccc(CN2CCCCC2)cc1)CN1CCc2ccccc2C1. The number of nitrogens with zero attached hydrogens (tertiary/aromatic N) is 2. The molecule has 4 nitrogen and oxygen atoms in total. The number of fused-ring (bicyclic) bond motifs is 1. The average molecular weight is 381 g/mol. The number of aliphatic hydroxyl groups excluding tert-OH is 1. The van der Waals surface area contributed by atoms with Gasteiger partial charge in [-0.3, -0.25) is 9.80 Å². The molecule has 2 aliphatic rings. The Morgan fingerprint density at radius 3 is 2.39 bits per heavy atom. The lowest BCUT2D eigenvalue weighted by molar-refractivity contribution is 0.0638. The molecule has 28 heavy (non-hydrogen) atoms. The molecule has 1 atom stereocenters. The zero-order chi connectivity index (χ0) is 19.2. The number of benzene rings is 2. The summed E-state index contributed by atoms with van der Waals surface area (Å²) in [5.74, 6) is 0.838. The van der Waals surface area contributed by atoms with Crippen molar-refractivity contribution in [2.24, 2.45) is 0 Å². The predicted octanol–water partition coefficient (Wildman–Crippen LogP) is 3.47. The lowest BCUT2D eigenvalue weighted by Crippen LogP contribution is -2.38. The van der Waals surface area contributed by atoms with Gasteiger partial charge in [-0.2, -0.15) is 0 Å². The van der Waals surface area contributed by atoms with Gasteiger partial charge in [0.05, 0.1) is 0 Å². The molecule has 2 heterocycles. The van der Waals surface area contributed by atoms with Crippen LogP contribution in [0.25, 0.3) is 0 Å². The molecule has 2 aromatic rings. The first kappa shape index (κ1) is 19.4. The van der Waals surface area contributed by atoms with Gasteiger partial charge in [0.2, 0.25) is 0 Å². The minimum absolute atomic E-state index is 0.337. The molecule has 1 N–H and O–H groups in total. The van der Waals surface area contributed by atoms with E-state index in [1.165, 1.54) is 49.0 Å². The van der Waals surface area contributed by atoms with E-state index < -0.39 is 6.10 Å². The van der Waals surface area contributed by atoms with Crippen LogP contribution in [-0.2, 0) is 19.5 Å². The average Bonchev–Trinajstić information content (AvgIpc) is 2.74. The van der Waals surface area contributed by atoms with Crippen molar-refractivity contribution in [3.8, 4) is 5.75 Å². The Labute approximate surface area is 168 Å². The first-order valence-electron chi connectivity index (χ1n) is 10.7. The molecule has 2 aromatic carbocycles. The van der Waals surface area contributed by atoms with E-state index in [1.807, 2.05) is 12.1 Å². The number of β-amino-alcohol motifs (C(OH)–C–C–N with tert-alkyl or cyclic N) is 1. The summed E-state index contributed by atoms with van der Waals surface area (Å²) in [6.45, 7) is 6.36. The largest absolute Gasteiger partial charge is 0.491 e. The Balaban J connectivity index is 1.21. The molecule has 0 bridgehead atoms. The number of hydrogen-bond donors (Lipinski definition) is 1. The number of hydrogen-bond acceptors (Lipinski definition) is 4. The van der Waals surface area contributed by atoms with Gasteiger partial charge in [0.1, 0.15) is 18.5 Å². The van der Waals surface area contributed by atoms with Gasteiger partial charge in [-0.25, -0.2) is 0 Å². The van der Waals surface area contributed by atoms with Crippen LogP contribution >= 0.6 is 0 Å². The first-order valence-corrected chi connectivity index (χ1v) is 10.7. The second-order valence-electron chi connectivity index (χ2n) is 8.20. The van der Waals surface area contributed by atoms with E-state index in [-0.39, 0.29) is 0 Å². The molecule has 2 aliphatic heterocycles. The van der Waals surface area contributed by atoms with Crippen LogP contribution in [-0.4, -0.2) is 53.8 Å². The Morgan fingerprint density at radius 2 is 1.61 bits per heavy atom. The molecule has 0 amide bonds. The van der Waals surface area contributed by atoms with Crippen molar-refractivity contribution in [2.75, 3.05) is 32.8 Å². The van der Waals surface area contributed by atoms with Crippen LogP contribution < -0.4 is 4.74 Å². The highest BCUT2D eigenvalue weighted by atomic mass is 16.5.